The molecule has 0 unspecified atom stereocenters. The van der Waals surface area contributed by atoms with E-state index < -0.39 is 5.91 Å². The summed E-state index contributed by atoms with van der Waals surface area (Å²) in [6.45, 7) is 4.03. The zero-order chi connectivity index (χ0) is 18.7. The van der Waals surface area contributed by atoms with Crippen LogP contribution in [0.25, 0.3) is 5.69 Å². The molecule has 1 amide bonds. The number of para-hydroxylation sites is 1. The Hall–Kier alpha value is -2.86. The number of hydrazone groups is 1. The SMILES string of the molecule is Cc1cc(/C=N\NC(=O)c2cc(Br)ccc2O)c(C)n1-c1ccccc1. The first-order chi connectivity index (χ1) is 12.5. The van der Waals surface area contributed by atoms with Crippen LogP contribution in [-0.2, 0) is 0 Å². The standard InChI is InChI=1S/C20H18BrN3O2/c1-13-10-15(14(2)24(13)17-6-4-3-5-7-17)12-22-23-20(26)18-11-16(21)8-9-19(18)25/h3-12,25H,1-2H3,(H,23,26)/b22-12-. The Kier molecular flexibility index (Phi) is 5.23. The summed E-state index contributed by atoms with van der Waals surface area (Å²) >= 11 is 3.28. The van der Waals surface area contributed by atoms with E-state index in [4.69, 9.17) is 0 Å². The number of hydrogen-bond acceptors (Lipinski definition) is 3. The van der Waals surface area contributed by atoms with E-state index >= 15 is 0 Å². The van der Waals surface area contributed by atoms with Gasteiger partial charge in [0.05, 0.1) is 11.8 Å². The van der Waals surface area contributed by atoms with Crippen LogP contribution in [0.4, 0.5) is 0 Å². The van der Waals surface area contributed by atoms with Crippen LogP contribution in [0.15, 0.2) is 64.2 Å². The van der Waals surface area contributed by atoms with Crippen LogP contribution < -0.4 is 5.43 Å². The number of halogens is 1. The van der Waals surface area contributed by atoms with E-state index in [0.29, 0.717) is 4.47 Å². The molecule has 1 aromatic heterocycles. The number of carbonyl (C=O) groups excluding carboxylic acids is 1. The van der Waals surface area contributed by atoms with Gasteiger partial charge in [0.25, 0.3) is 5.91 Å². The van der Waals surface area contributed by atoms with Crippen molar-refractivity contribution in [1.82, 2.24) is 9.99 Å². The predicted octanol–water partition coefficient (Wildman–Crippen LogP) is 4.33. The smallest absolute Gasteiger partial charge is 0.275 e. The Morgan fingerprint density at radius 2 is 1.88 bits per heavy atom. The first kappa shape index (κ1) is 17.9. The van der Waals surface area contributed by atoms with Crippen LogP contribution in [0, 0.1) is 13.8 Å². The molecule has 5 nitrogen and oxygen atoms in total. The highest BCUT2D eigenvalue weighted by atomic mass is 79.9. The molecule has 1 heterocycles. The van der Waals surface area contributed by atoms with Gasteiger partial charge in [-0.05, 0) is 50.2 Å². The topological polar surface area (TPSA) is 66.6 Å². The minimum atomic E-state index is -0.475. The molecule has 0 aliphatic heterocycles. The number of phenols is 1. The van der Waals surface area contributed by atoms with Gasteiger partial charge in [0.2, 0.25) is 0 Å². The third-order valence-electron chi connectivity index (χ3n) is 4.06. The second kappa shape index (κ2) is 7.58. The molecule has 0 saturated heterocycles. The van der Waals surface area contributed by atoms with Gasteiger partial charge in [0.1, 0.15) is 5.75 Å². The quantitative estimate of drug-likeness (QED) is 0.495. The van der Waals surface area contributed by atoms with Gasteiger partial charge in [-0.15, -0.1) is 0 Å². The van der Waals surface area contributed by atoms with Gasteiger partial charge in [0, 0.05) is 27.1 Å². The summed E-state index contributed by atoms with van der Waals surface area (Å²) in [6, 6.07) is 16.7. The van der Waals surface area contributed by atoms with Crippen molar-refractivity contribution in [1.29, 1.82) is 0 Å². The number of aryl methyl sites for hydroxylation is 1. The van der Waals surface area contributed by atoms with Crippen molar-refractivity contribution in [3.05, 3.63) is 81.6 Å². The first-order valence-electron chi connectivity index (χ1n) is 8.03. The summed E-state index contributed by atoms with van der Waals surface area (Å²) in [5.41, 5.74) is 6.69. The number of nitrogens with zero attached hydrogens (tertiary/aromatic N) is 2. The number of rotatable bonds is 4. The van der Waals surface area contributed by atoms with Crippen molar-refractivity contribution >= 4 is 28.1 Å². The van der Waals surface area contributed by atoms with Crippen molar-refractivity contribution < 1.29 is 9.90 Å². The molecule has 3 rings (SSSR count). The van der Waals surface area contributed by atoms with E-state index in [1.54, 1.807) is 18.3 Å². The third kappa shape index (κ3) is 3.70. The lowest BCUT2D eigenvalue weighted by Crippen LogP contribution is -2.17. The fourth-order valence-corrected chi connectivity index (χ4v) is 3.16. The molecule has 2 aromatic carbocycles. The Morgan fingerprint density at radius 1 is 1.15 bits per heavy atom. The van der Waals surface area contributed by atoms with E-state index in [0.717, 1.165) is 22.6 Å². The Morgan fingerprint density at radius 3 is 2.62 bits per heavy atom. The van der Waals surface area contributed by atoms with Crippen LogP contribution in [-0.4, -0.2) is 21.8 Å². The van der Waals surface area contributed by atoms with Crippen molar-refractivity contribution in [2.45, 2.75) is 13.8 Å². The molecule has 26 heavy (non-hydrogen) atoms. The van der Waals surface area contributed by atoms with E-state index in [1.807, 2.05) is 50.2 Å². The van der Waals surface area contributed by atoms with Gasteiger partial charge in [-0.2, -0.15) is 5.10 Å². The van der Waals surface area contributed by atoms with Gasteiger partial charge in [-0.1, -0.05) is 34.1 Å². The average Bonchev–Trinajstić information content (AvgIpc) is 2.91. The predicted molar refractivity (Wildman–Crippen MR) is 106 cm³/mol. The summed E-state index contributed by atoms with van der Waals surface area (Å²) < 4.78 is 2.83. The number of amides is 1. The van der Waals surface area contributed by atoms with Crippen LogP contribution in [0.1, 0.15) is 27.3 Å². The van der Waals surface area contributed by atoms with E-state index in [9.17, 15) is 9.90 Å². The highest BCUT2D eigenvalue weighted by Crippen LogP contribution is 2.22. The van der Waals surface area contributed by atoms with E-state index in [-0.39, 0.29) is 11.3 Å². The Bertz CT molecular complexity index is 978. The molecule has 6 heteroatoms. The van der Waals surface area contributed by atoms with Crippen LogP contribution in [0.3, 0.4) is 0 Å². The largest absolute Gasteiger partial charge is 0.507 e. The molecular formula is C20H18BrN3O2. The molecular weight excluding hydrogens is 394 g/mol. The summed E-state index contributed by atoms with van der Waals surface area (Å²) in [4.78, 5) is 12.2. The Balaban J connectivity index is 1.79. The monoisotopic (exact) mass is 411 g/mol. The maximum Gasteiger partial charge on any atom is 0.275 e. The maximum atomic E-state index is 12.2. The summed E-state index contributed by atoms with van der Waals surface area (Å²) in [6.07, 6.45) is 1.61. The number of benzene rings is 2. The molecule has 0 bridgehead atoms. The molecule has 0 aliphatic carbocycles. The number of phenolic OH excluding ortho intramolecular Hbond substituents is 1. The maximum absolute atomic E-state index is 12.2. The summed E-state index contributed by atoms with van der Waals surface area (Å²) in [5.74, 6) is -0.569. The van der Waals surface area contributed by atoms with Gasteiger partial charge in [0.15, 0.2) is 0 Å². The van der Waals surface area contributed by atoms with Gasteiger partial charge in [-0.3, -0.25) is 4.79 Å². The fraction of sp³-hybridized carbons (Fsp3) is 0.100. The fourth-order valence-electron chi connectivity index (χ4n) is 2.80. The van der Waals surface area contributed by atoms with Crippen LogP contribution in [0.2, 0.25) is 0 Å². The number of hydrogen-bond donors (Lipinski definition) is 2. The third-order valence-corrected chi connectivity index (χ3v) is 4.55. The number of carbonyl (C=O) groups is 1. The first-order valence-corrected chi connectivity index (χ1v) is 8.83. The molecule has 0 aliphatic rings. The molecule has 0 fully saturated rings. The van der Waals surface area contributed by atoms with E-state index in [1.165, 1.54) is 6.07 Å². The molecule has 0 atom stereocenters. The Labute approximate surface area is 160 Å². The van der Waals surface area contributed by atoms with Gasteiger partial charge < -0.3 is 9.67 Å². The second-order valence-corrected chi connectivity index (χ2v) is 6.77. The normalized spacial score (nSPS) is 11.0. The summed E-state index contributed by atoms with van der Waals surface area (Å²) in [5, 5.41) is 13.8. The molecule has 2 N–H and O–H groups in total. The van der Waals surface area contributed by atoms with Crippen molar-refractivity contribution in [2.75, 3.05) is 0 Å². The van der Waals surface area contributed by atoms with Crippen molar-refractivity contribution in [2.24, 2.45) is 5.10 Å². The molecule has 0 spiro atoms. The minimum absolute atomic E-state index is 0.0943. The number of aromatic nitrogens is 1. The number of aromatic hydroxyl groups is 1. The lowest BCUT2D eigenvalue weighted by atomic mass is 10.2. The van der Waals surface area contributed by atoms with Crippen LogP contribution >= 0.6 is 15.9 Å². The highest BCUT2D eigenvalue weighted by molar-refractivity contribution is 9.10. The zero-order valence-corrected chi connectivity index (χ0v) is 16.0. The molecule has 0 saturated carbocycles. The molecule has 3 aromatic rings. The number of nitrogens with one attached hydrogen (secondary N) is 1. The van der Waals surface area contributed by atoms with Crippen LogP contribution in [0.5, 0.6) is 5.75 Å². The van der Waals surface area contributed by atoms with Gasteiger partial charge >= 0.3 is 0 Å². The zero-order valence-electron chi connectivity index (χ0n) is 14.4. The summed E-state index contributed by atoms with van der Waals surface area (Å²) in [7, 11) is 0. The highest BCUT2D eigenvalue weighted by Gasteiger charge is 2.12. The second-order valence-electron chi connectivity index (χ2n) is 5.86. The average molecular weight is 412 g/mol. The minimum Gasteiger partial charge on any atom is -0.507 e. The van der Waals surface area contributed by atoms with Gasteiger partial charge in [-0.25, -0.2) is 5.43 Å². The van der Waals surface area contributed by atoms with Crippen molar-refractivity contribution in [3.8, 4) is 11.4 Å². The van der Waals surface area contributed by atoms with Crippen molar-refractivity contribution in [3.63, 3.8) is 0 Å². The molecule has 0 radical (unpaired) electrons. The lowest BCUT2D eigenvalue weighted by molar-refractivity contribution is 0.0952. The molecule has 132 valence electrons. The van der Waals surface area contributed by atoms with E-state index in [2.05, 4.69) is 31.0 Å². The lowest BCUT2D eigenvalue weighted by Gasteiger charge is -2.09.